The minimum atomic E-state index is -2.48. The normalized spacial score (nSPS) is 26.7. The van der Waals surface area contributed by atoms with Crippen LogP contribution in [-0.4, -0.2) is 11.5 Å². The Bertz CT molecular complexity index is 141. The van der Waals surface area contributed by atoms with E-state index >= 15 is 0 Å². The summed E-state index contributed by atoms with van der Waals surface area (Å²) in [5, 5.41) is 0. The minimum absolute atomic E-state index is 0.127. The van der Waals surface area contributed by atoms with E-state index in [9.17, 15) is 8.78 Å². The maximum Gasteiger partial charge on any atom is 0.251 e. The fourth-order valence-electron chi connectivity index (χ4n) is 1.94. The van der Waals surface area contributed by atoms with E-state index < -0.39 is 11.5 Å². The van der Waals surface area contributed by atoms with Gasteiger partial charge in [0.25, 0.3) is 5.92 Å². The Labute approximate surface area is 66.0 Å². The molecular weight excluding hydrogens is 148 g/mol. The van der Waals surface area contributed by atoms with Crippen LogP contribution in [0, 0.1) is 5.92 Å². The van der Waals surface area contributed by atoms with Gasteiger partial charge in [0, 0.05) is 18.4 Å². The number of nitrogens with two attached hydrogens (primary N) is 1. The number of hydrogen-bond acceptors (Lipinski definition) is 1. The molecule has 1 nitrogen and oxygen atoms in total. The quantitative estimate of drug-likeness (QED) is 0.663. The average Bonchev–Trinajstić information content (AvgIpc) is 1.52. The summed E-state index contributed by atoms with van der Waals surface area (Å²) in [7, 11) is 0. The molecule has 1 rings (SSSR count). The zero-order valence-corrected chi connectivity index (χ0v) is 7.03. The largest absolute Gasteiger partial charge is 0.325 e. The van der Waals surface area contributed by atoms with E-state index in [-0.39, 0.29) is 12.8 Å². The molecule has 0 aliphatic heterocycles. The summed E-state index contributed by atoms with van der Waals surface area (Å²) in [6, 6.07) is 0. The number of alkyl halides is 2. The van der Waals surface area contributed by atoms with Gasteiger partial charge in [-0.25, -0.2) is 8.78 Å². The van der Waals surface area contributed by atoms with E-state index in [1.165, 1.54) is 0 Å². The molecule has 1 saturated carbocycles. The predicted molar refractivity (Wildman–Crippen MR) is 40.6 cm³/mol. The third kappa shape index (κ3) is 2.12. The summed E-state index contributed by atoms with van der Waals surface area (Å²) < 4.78 is 24.8. The van der Waals surface area contributed by atoms with E-state index in [1.54, 1.807) is 0 Å². The Morgan fingerprint density at radius 3 is 2.09 bits per heavy atom. The molecule has 1 aliphatic carbocycles. The van der Waals surface area contributed by atoms with Crippen LogP contribution in [-0.2, 0) is 0 Å². The number of hydrogen-bond donors (Lipinski definition) is 1. The molecule has 11 heavy (non-hydrogen) atoms. The first-order chi connectivity index (χ1) is 4.83. The standard InChI is InChI=1S/C8H15F2N/c1-6(2)3-7(11)4-8(9,10)5-7/h6H,3-5,11H2,1-2H3. The molecule has 0 aromatic carbocycles. The van der Waals surface area contributed by atoms with Gasteiger partial charge in [0.2, 0.25) is 0 Å². The topological polar surface area (TPSA) is 26.0 Å². The van der Waals surface area contributed by atoms with Crippen molar-refractivity contribution >= 4 is 0 Å². The zero-order chi connectivity index (χ0) is 8.70. The number of rotatable bonds is 2. The Hall–Kier alpha value is -0.180. The summed E-state index contributed by atoms with van der Waals surface area (Å²) >= 11 is 0. The summed E-state index contributed by atoms with van der Waals surface area (Å²) in [6.45, 7) is 4.01. The molecule has 2 N–H and O–H groups in total. The van der Waals surface area contributed by atoms with Crippen LogP contribution in [0.15, 0.2) is 0 Å². The molecule has 0 unspecified atom stereocenters. The minimum Gasteiger partial charge on any atom is -0.325 e. The third-order valence-electron chi connectivity index (χ3n) is 2.04. The van der Waals surface area contributed by atoms with E-state index in [1.807, 2.05) is 13.8 Å². The van der Waals surface area contributed by atoms with Crippen LogP contribution < -0.4 is 5.73 Å². The van der Waals surface area contributed by atoms with E-state index in [0.717, 1.165) is 0 Å². The van der Waals surface area contributed by atoms with Gasteiger partial charge in [-0.05, 0) is 12.3 Å². The lowest BCUT2D eigenvalue weighted by atomic mass is 9.70. The summed E-state index contributed by atoms with van der Waals surface area (Å²) in [5.74, 6) is -2.07. The van der Waals surface area contributed by atoms with Crippen LogP contribution in [0.5, 0.6) is 0 Å². The second-order valence-corrected chi connectivity index (χ2v) is 4.17. The van der Waals surface area contributed by atoms with Crippen molar-refractivity contribution in [3.05, 3.63) is 0 Å². The molecule has 0 amide bonds. The van der Waals surface area contributed by atoms with E-state index in [2.05, 4.69) is 0 Å². The maximum absolute atomic E-state index is 12.4. The Morgan fingerprint density at radius 2 is 1.82 bits per heavy atom. The van der Waals surface area contributed by atoms with Gasteiger partial charge in [-0.3, -0.25) is 0 Å². The van der Waals surface area contributed by atoms with E-state index in [0.29, 0.717) is 12.3 Å². The molecule has 0 radical (unpaired) electrons. The van der Waals surface area contributed by atoms with Gasteiger partial charge in [-0.1, -0.05) is 13.8 Å². The first-order valence-electron chi connectivity index (χ1n) is 4.00. The van der Waals surface area contributed by atoms with Gasteiger partial charge in [0.15, 0.2) is 0 Å². The van der Waals surface area contributed by atoms with Crippen molar-refractivity contribution in [3.63, 3.8) is 0 Å². The lowest BCUT2D eigenvalue weighted by Crippen LogP contribution is -2.58. The summed E-state index contributed by atoms with van der Waals surface area (Å²) in [6.07, 6.45) is 0.457. The molecule has 0 aromatic rings. The van der Waals surface area contributed by atoms with Crippen molar-refractivity contribution in [3.8, 4) is 0 Å². The van der Waals surface area contributed by atoms with Crippen LogP contribution >= 0.6 is 0 Å². The lowest BCUT2D eigenvalue weighted by molar-refractivity contribution is -0.126. The molecule has 66 valence electrons. The molecule has 3 heteroatoms. The number of halogens is 2. The highest BCUT2D eigenvalue weighted by Crippen LogP contribution is 2.46. The highest BCUT2D eigenvalue weighted by atomic mass is 19.3. The molecular formula is C8H15F2N. The van der Waals surface area contributed by atoms with Crippen molar-refractivity contribution in [1.82, 2.24) is 0 Å². The van der Waals surface area contributed by atoms with Gasteiger partial charge in [-0.2, -0.15) is 0 Å². The molecule has 0 heterocycles. The fourth-order valence-corrected chi connectivity index (χ4v) is 1.94. The van der Waals surface area contributed by atoms with Crippen molar-refractivity contribution in [2.45, 2.75) is 44.6 Å². The lowest BCUT2D eigenvalue weighted by Gasteiger charge is -2.45. The highest BCUT2D eigenvalue weighted by molar-refractivity contribution is 5.03. The smallest absolute Gasteiger partial charge is 0.251 e. The maximum atomic E-state index is 12.4. The van der Waals surface area contributed by atoms with Crippen molar-refractivity contribution in [2.24, 2.45) is 11.7 Å². The monoisotopic (exact) mass is 163 g/mol. The third-order valence-corrected chi connectivity index (χ3v) is 2.04. The molecule has 1 fully saturated rings. The second-order valence-electron chi connectivity index (χ2n) is 4.17. The Kier molecular flexibility index (Phi) is 1.95. The molecule has 0 aromatic heterocycles. The van der Waals surface area contributed by atoms with Crippen LogP contribution in [0.3, 0.4) is 0 Å². The van der Waals surface area contributed by atoms with Crippen LogP contribution in [0.25, 0.3) is 0 Å². The van der Waals surface area contributed by atoms with Crippen LogP contribution in [0.4, 0.5) is 8.78 Å². The Morgan fingerprint density at radius 1 is 1.36 bits per heavy atom. The molecule has 0 saturated heterocycles. The van der Waals surface area contributed by atoms with Crippen LogP contribution in [0.1, 0.15) is 33.1 Å². The molecule has 1 aliphatic rings. The van der Waals surface area contributed by atoms with Gasteiger partial charge >= 0.3 is 0 Å². The first-order valence-corrected chi connectivity index (χ1v) is 4.00. The van der Waals surface area contributed by atoms with Gasteiger partial charge in [0.05, 0.1) is 0 Å². The van der Waals surface area contributed by atoms with Crippen molar-refractivity contribution in [2.75, 3.05) is 0 Å². The van der Waals surface area contributed by atoms with Gasteiger partial charge in [0.1, 0.15) is 0 Å². The van der Waals surface area contributed by atoms with Gasteiger partial charge in [-0.15, -0.1) is 0 Å². The predicted octanol–water partition coefficient (Wildman–Crippen LogP) is 2.16. The fraction of sp³-hybridized carbons (Fsp3) is 1.00. The first kappa shape index (κ1) is 8.91. The van der Waals surface area contributed by atoms with Crippen LogP contribution in [0.2, 0.25) is 0 Å². The van der Waals surface area contributed by atoms with E-state index in [4.69, 9.17) is 5.73 Å². The molecule has 0 spiro atoms. The second kappa shape index (κ2) is 2.41. The highest BCUT2D eigenvalue weighted by Gasteiger charge is 2.53. The SMILES string of the molecule is CC(C)CC1(N)CC(F)(F)C1. The summed E-state index contributed by atoms with van der Waals surface area (Å²) in [5.41, 5.74) is 5.13. The van der Waals surface area contributed by atoms with Crippen molar-refractivity contribution in [1.29, 1.82) is 0 Å². The summed E-state index contributed by atoms with van der Waals surface area (Å²) in [4.78, 5) is 0. The molecule has 0 atom stereocenters. The Balaban J connectivity index is 2.37. The van der Waals surface area contributed by atoms with Gasteiger partial charge < -0.3 is 5.73 Å². The van der Waals surface area contributed by atoms with Crippen molar-refractivity contribution < 1.29 is 8.78 Å². The molecule has 0 bridgehead atoms. The zero-order valence-electron chi connectivity index (χ0n) is 7.03. The average molecular weight is 163 g/mol.